The highest BCUT2D eigenvalue weighted by Gasteiger charge is 2.16. The van der Waals surface area contributed by atoms with Crippen molar-refractivity contribution >= 4 is 11.4 Å². The van der Waals surface area contributed by atoms with Gasteiger partial charge in [0.25, 0.3) is 5.69 Å². The van der Waals surface area contributed by atoms with Crippen LogP contribution in [0, 0.1) is 21.4 Å². The maximum atomic E-state index is 10.8. The van der Waals surface area contributed by atoms with Crippen molar-refractivity contribution in [3.8, 4) is 6.07 Å². The molecule has 0 aliphatic rings. The van der Waals surface area contributed by atoms with Crippen LogP contribution in [0.5, 0.6) is 0 Å². The van der Waals surface area contributed by atoms with E-state index in [4.69, 9.17) is 5.26 Å². The lowest BCUT2D eigenvalue weighted by atomic mass is 10.1. The van der Waals surface area contributed by atoms with Crippen LogP contribution in [-0.2, 0) is 0 Å². The van der Waals surface area contributed by atoms with Crippen molar-refractivity contribution in [2.24, 2.45) is 0 Å². The molecular formula is C11H13N3O2. The average molecular weight is 219 g/mol. The van der Waals surface area contributed by atoms with Crippen LogP contribution in [0.25, 0.3) is 0 Å². The highest BCUT2D eigenvalue weighted by atomic mass is 16.6. The second-order valence-corrected chi connectivity index (χ2v) is 3.78. The summed E-state index contributed by atoms with van der Waals surface area (Å²) < 4.78 is 0. The predicted molar refractivity (Wildman–Crippen MR) is 61.4 cm³/mol. The van der Waals surface area contributed by atoms with Crippen LogP contribution in [0.15, 0.2) is 18.2 Å². The van der Waals surface area contributed by atoms with Gasteiger partial charge in [-0.25, -0.2) is 0 Å². The smallest absolute Gasteiger partial charge is 0.289 e. The van der Waals surface area contributed by atoms with Gasteiger partial charge in [-0.15, -0.1) is 0 Å². The zero-order valence-corrected chi connectivity index (χ0v) is 9.47. The number of nitro groups is 1. The van der Waals surface area contributed by atoms with E-state index in [2.05, 4.69) is 0 Å². The first kappa shape index (κ1) is 12.0. The fraction of sp³-hybridized carbons (Fsp3) is 0.364. The van der Waals surface area contributed by atoms with Crippen molar-refractivity contribution in [1.82, 2.24) is 0 Å². The van der Waals surface area contributed by atoms with Gasteiger partial charge in [0.2, 0.25) is 0 Å². The number of hydrogen-bond donors (Lipinski definition) is 0. The molecule has 0 saturated carbocycles. The van der Waals surface area contributed by atoms with E-state index in [0.29, 0.717) is 0 Å². The van der Waals surface area contributed by atoms with Crippen molar-refractivity contribution in [2.75, 3.05) is 11.9 Å². The first-order valence-corrected chi connectivity index (χ1v) is 4.88. The fourth-order valence-electron chi connectivity index (χ4n) is 1.28. The topological polar surface area (TPSA) is 70.2 Å². The van der Waals surface area contributed by atoms with Crippen LogP contribution < -0.4 is 4.90 Å². The van der Waals surface area contributed by atoms with Gasteiger partial charge < -0.3 is 4.90 Å². The Kier molecular flexibility index (Phi) is 3.46. The number of rotatable bonds is 3. The minimum absolute atomic E-state index is 0.0888. The summed E-state index contributed by atoms with van der Waals surface area (Å²) in [5.41, 5.74) is 0.680. The molecule has 1 aromatic rings. The van der Waals surface area contributed by atoms with Crippen molar-refractivity contribution in [3.05, 3.63) is 33.9 Å². The molecule has 0 amide bonds. The summed E-state index contributed by atoms with van der Waals surface area (Å²) in [6.07, 6.45) is 0. The molecule has 0 aromatic heterocycles. The summed E-state index contributed by atoms with van der Waals surface area (Å²) >= 11 is 0. The number of nitro benzene ring substituents is 1. The molecule has 0 saturated heterocycles. The van der Waals surface area contributed by atoms with Crippen molar-refractivity contribution in [3.63, 3.8) is 0 Å². The van der Waals surface area contributed by atoms with E-state index >= 15 is 0 Å². The fourth-order valence-corrected chi connectivity index (χ4v) is 1.28. The second-order valence-electron chi connectivity index (χ2n) is 3.78. The Bertz CT molecular complexity index is 449. The maximum Gasteiger partial charge on any atom is 0.289 e. The van der Waals surface area contributed by atoms with Crippen molar-refractivity contribution in [2.45, 2.75) is 19.9 Å². The third kappa shape index (κ3) is 2.28. The Morgan fingerprint density at radius 2 is 2.12 bits per heavy atom. The molecule has 0 heterocycles. The quantitative estimate of drug-likeness (QED) is 0.577. The molecule has 84 valence electrons. The molecule has 0 N–H and O–H groups in total. The largest absolute Gasteiger partial charge is 0.372 e. The molecule has 1 aromatic carbocycles. The van der Waals surface area contributed by atoms with Gasteiger partial charge in [0.1, 0.15) is 11.6 Å². The van der Waals surface area contributed by atoms with Crippen molar-refractivity contribution < 1.29 is 4.92 Å². The standard InChI is InChI=1S/C11H13N3O2/c1-8(2)13(3)10-5-4-9(7-12)11(6-10)14(15)16/h4-6,8H,1-3H3. The maximum absolute atomic E-state index is 10.8. The second kappa shape index (κ2) is 4.62. The normalized spacial score (nSPS) is 9.94. The highest BCUT2D eigenvalue weighted by molar-refractivity contribution is 5.60. The van der Waals surface area contributed by atoms with Gasteiger partial charge >= 0.3 is 0 Å². The van der Waals surface area contributed by atoms with E-state index < -0.39 is 4.92 Å². The van der Waals surface area contributed by atoms with Gasteiger partial charge in [0.15, 0.2) is 0 Å². The number of benzene rings is 1. The summed E-state index contributed by atoms with van der Waals surface area (Å²) in [4.78, 5) is 12.1. The molecule has 0 unspecified atom stereocenters. The van der Waals surface area contributed by atoms with Crippen LogP contribution in [0.3, 0.4) is 0 Å². The van der Waals surface area contributed by atoms with Crippen molar-refractivity contribution in [1.29, 1.82) is 5.26 Å². The summed E-state index contributed by atoms with van der Waals surface area (Å²) in [6.45, 7) is 3.98. The lowest BCUT2D eigenvalue weighted by molar-refractivity contribution is -0.385. The Morgan fingerprint density at radius 1 is 1.50 bits per heavy atom. The zero-order chi connectivity index (χ0) is 12.3. The average Bonchev–Trinajstić information content (AvgIpc) is 2.26. The van der Waals surface area contributed by atoms with Gasteiger partial charge in [-0.1, -0.05) is 0 Å². The summed E-state index contributed by atoms with van der Waals surface area (Å²) in [5.74, 6) is 0. The van der Waals surface area contributed by atoms with Crippen LogP contribution in [0.1, 0.15) is 19.4 Å². The van der Waals surface area contributed by atoms with E-state index in [9.17, 15) is 10.1 Å². The van der Waals surface area contributed by atoms with E-state index in [1.807, 2.05) is 31.9 Å². The van der Waals surface area contributed by atoms with Crippen LogP contribution in [0.4, 0.5) is 11.4 Å². The molecule has 0 aliphatic heterocycles. The lowest BCUT2D eigenvalue weighted by Crippen LogP contribution is -2.25. The summed E-state index contributed by atoms with van der Waals surface area (Å²) in [5, 5.41) is 19.5. The van der Waals surface area contributed by atoms with Gasteiger partial charge in [0, 0.05) is 24.8 Å². The van der Waals surface area contributed by atoms with E-state index in [1.54, 1.807) is 6.07 Å². The molecule has 0 atom stereocenters. The molecule has 0 spiro atoms. The van der Waals surface area contributed by atoms with E-state index in [0.717, 1.165) is 5.69 Å². The van der Waals surface area contributed by atoms with E-state index in [-0.39, 0.29) is 17.3 Å². The highest BCUT2D eigenvalue weighted by Crippen LogP contribution is 2.25. The third-order valence-corrected chi connectivity index (χ3v) is 2.48. The molecule has 0 bridgehead atoms. The Balaban J connectivity index is 3.23. The Labute approximate surface area is 94.1 Å². The number of nitriles is 1. The lowest BCUT2D eigenvalue weighted by Gasteiger charge is -2.23. The summed E-state index contributed by atoms with van der Waals surface area (Å²) in [7, 11) is 1.86. The molecule has 0 fully saturated rings. The van der Waals surface area contributed by atoms with Crippen LogP contribution in [0.2, 0.25) is 0 Å². The minimum Gasteiger partial charge on any atom is -0.372 e. The molecular weight excluding hydrogens is 206 g/mol. The molecule has 16 heavy (non-hydrogen) atoms. The molecule has 5 heteroatoms. The first-order chi connectivity index (χ1) is 7.47. The molecule has 0 radical (unpaired) electrons. The van der Waals surface area contributed by atoms with E-state index in [1.165, 1.54) is 12.1 Å². The minimum atomic E-state index is -0.532. The predicted octanol–water partition coefficient (Wildman–Crippen LogP) is 2.31. The third-order valence-electron chi connectivity index (χ3n) is 2.48. The zero-order valence-electron chi connectivity index (χ0n) is 9.47. The van der Waals surface area contributed by atoms with Crippen LogP contribution >= 0.6 is 0 Å². The van der Waals surface area contributed by atoms with Gasteiger partial charge in [-0.2, -0.15) is 5.26 Å². The van der Waals surface area contributed by atoms with Gasteiger partial charge in [-0.05, 0) is 26.0 Å². The Morgan fingerprint density at radius 3 is 2.56 bits per heavy atom. The summed E-state index contributed by atoms with van der Waals surface area (Å²) in [6, 6.07) is 6.68. The molecule has 1 rings (SSSR count). The number of nitrogens with zero attached hydrogens (tertiary/aromatic N) is 3. The van der Waals surface area contributed by atoms with Crippen LogP contribution in [-0.4, -0.2) is 18.0 Å². The SMILES string of the molecule is CC(C)N(C)c1ccc(C#N)c([N+](=O)[O-])c1. The Hall–Kier alpha value is -2.09. The number of anilines is 1. The molecule has 5 nitrogen and oxygen atoms in total. The number of hydrogen-bond acceptors (Lipinski definition) is 4. The van der Waals surface area contributed by atoms with Gasteiger partial charge in [-0.3, -0.25) is 10.1 Å². The van der Waals surface area contributed by atoms with Gasteiger partial charge in [0.05, 0.1) is 4.92 Å². The monoisotopic (exact) mass is 219 g/mol. The molecule has 0 aliphatic carbocycles. The first-order valence-electron chi connectivity index (χ1n) is 4.88.